The molecule has 0 saturated carbocycles. The van der Waals surface area contributed by atoms with Crippen molar-refractivity contribution in [2.75, 3.05) is 0 Å². The molecule has 0 spiro atoms. The van der Waals surface area contributed by atoms with Crippen molar-refractivity contribution in [3.05, 3.63) is 0 Å². The first-order valence-electron chi connectivity index (χ1n) is 4.43. The van der Waals surface area contributed by atoms with Gasteiger partial charge in [0.1, 0.15) is 17.2 Å². The largest absolute Gasteiger partial charge is 0.481 e. The van der Waals surface area contributed by atoms with Crippen molar-refractivity contribution < 1.29 is 14.3 Å². The normalized spacial score (nSPS) is 10.9. The van der Waals surface area contributed by atoms with Gasteiger partial charge in [-0.05, 0) is 39.9 Å². The Kier molecular flexibility index (Phi) is 4.91. The van der Waals surface area contributed by atoms with Crippen LogP contribution in [0.3, 0.4) is 0 Å². The Morgan fingerprint density at radius 2 is 1.71 bits per heavy atom. The Labute approximate surface area is 89.8 Å². The van der Waals surface area contributed by atoms with Crippen LogP contribution in [0.1, 0.15) is 40.5 Å². The number of thiocarbonyl (C=S) groups is 1. The first kappa shape index (κ1) is 13.2. The van der Waals surface area contributed by atoms with Gasteiger partial charge in [-0.2, -0.15) is 0 Å². The molecular weight excluding hydrogens is 200 g/mol. The van der Waals surface area contributed by atoms with Gasteiger partial charge in [0, 0.05) is 0 Å². The Morgan fingerprint density at radius 1 is 1.21 bits per heavy atom. The Hall–Kier alpha value is -0.770. The molecule has 0 saturated heterocycles. The first-order valence-corrected chi connectivity index (χ1v) is 4.84. The number of carbonyl (C=O) groups excluding carboxylic acids is 2. The monoisotopic (exact) mass is 216 g/mol. The third kappa shape index (κ3) is 7.86. The number of hydrogen-bond donors (Lipinski definition) is 0. The van der Waals surface area contributed by atoms with Crippen LogP contribution in [0.2, 0.25) is 0 Å². The van der Waals surface area contributed by atoms with Gasteiger partial charge in [0.25, 0.3) is 0 Å². The number of rotatable bonds is 4. The van der Waals surface area contributed by atoms with Gasteiger partial charge in [0.05, 0.1) is 12.8 Å². The van der Waals surface area contributed by atoms with Crippen molar-refractivity contribution in [3.8, 4) is 0 Å². The highest BCUT2D eigenvalue weighted by molar-refractivity contribution is 7.80. The van der Waals surface area contributed by atoms with Gasteiger partial charge < -0.3 is 4.74 Å². The fourth-order valence-corrected chi connectivity index (χ4v) is 1.29. The van der Waals surface area contributed by atoms with E-state index in [1.54, 1.807) is 0 Å². The van der Waals surface area contributed by atoms with Crippen molar-refractivity contribution in [1.29, 1.82) is 0 Å². The predicted octanol–water partition coefficient (Wildman–Crippen LogP) is 2.07. The van der Waals surface area contributed by atoms with Crippen LogP contribution < -0.4 is 0 Å². The summed E-state index contributed by atoms with van der Waals surface area (Å²) in [6.07, 6.45) is -0.0141. The minimum absolute atomic E-state index is 0.0478. The molecule has 0 heterocycles. The minimum atomic E-state index is -0.381. The van der Waals surface area contributed by atoms with Gasteiger partial charge in [-0.15, -0.1) is 0 Å². The molecule has 0 radical (unpaired) electrons. The summed E-state index contributed by atoms with van der Waals surface area (Å²) < 4.78 is 5.29. The maximum Gasteiger partial charge on any atom is 0.167 e. The molecule has 0 fully saturated rings. The van der Waals surface area contributed by atoms with Crippen molar-refractivity contribution >= 4 is 28.8 Å². The van der Waals surface area contributed by atoms with Crippen LogP contribution >= 0.6 is 12.2 Å². The molecule has 0 aliphatic carbocycles. The molecule has 80 valence electrons. The third-order valence-electron chi connectivity index (χ3n) is 1.21. The topological polar surface area (TPSA) is 43.4 Å². The lowest BCUT2D eigenvalue weighted by Crippen LogP contribution is -2.24. The number of carbonyl (C=O) groups is 2. The molecule has 14 heavy (non-hydrogen) atoms. The van der Waals surface area contributed by atoms with Crippen molar-refractivity contribution in [2.24, 2.45) is 0 Å². The minimum Gasteiger partial charge on any atom is -0.481 e. The van der Waals surface area contributed by atoms with Crippen LogP contribution in [0.5, 0.6) is 0 Å². The van der Waals surface area contributed by atoms with Crippen molar-refractivity contribution in [3.63, 3.8) is 0 Å². The molecule has 0 aromatic carbocycles. The first-order chi connectivity index (χ1) is 6.20. The van der Waals surface area contributed by atoms with Gasteiger partial charge in [-0.25, -0.2) is 0 Å². The molecule has 0 aliphatic rings. The standard InChI is InChI=1S/C10H16O3S/c1-7(11)5-8(12)6-9(14)13-10(2,3)4/h5-6H2,1-4H3. The fourth-order valence-electron chi connectivity index (χ4n) is 0.879. The molecule has 4 heteroatoms. The zero-order valence-electron chi connectivity index (χ0n) is 9.05. The molecule has 3 nitrogen and oxygen atoms in total. The summed E-state index contributed by atoms with van der Waals surface area (Å²) in [7, 11) is 0. The zero-order valence-corrected chi connectivity index (χ0v) is 9.86. The van der Waals surface area contributed by atoms with Crippen LogP contribution in [0.4, 0.5) is 0 Å². The summed E-state index contributed by atoms with van der Waals surface area (Å²) >= 11 is 4.88. The average Bonchev–Trinajstić information content (AvgIpc) is 1.77. The van der Waals surface area contributed by atoms with E-state index >= 15 is 0 Å². The van der Waals surface area contributed by atoms with Crippen LogP contribution in [0.25, 0.3) is 0 Å². The smallest absolute Gasteiger partial charge is 0.167 e. The molecule has 0 unspecified atom stereocenters. The summed E-state index contributed by atoms with van der Waals surface area (Å²) in [5.74, 6) is -0.333. The number of ketones is 2. The maximum absolute atomic E-state index is 11.2. The lowest BCUT2D eigenvalue weighted by molar-refractivity contribution is -0.125. The van der Waals surface area contributed by atoms with Crippen LogP contribution in [0.15, 0.2) is 0 Å². The molecule has 0 aromatic heterocycles. The van der Waals surface area contributed by atoms with E-state index in [1.807, 2.05) is 20.8 Å². The fraction of sp³-hybridized carbons (Fsp3) is 0.700. The Balaban J connectivity index is 3.96. The third-order valence-corrected chi connectivity index (χ3v) is 1.44. The average molecular weight is 216 g/mol. The van der Waals surface area contributed by atoms with Gasteiger partial charge in [0.15, 0.2) is 5.05 Å². The van der Waals surface area contributed by atoms with E-state index in [1.165, 1.54) is 6.92 Å². The molecule has 0 aliphatic heterocycles. The van der Waals surface area contributed by atoms with Gasteiger partial charge in [0.2, 0.25) is 0 Å². The lowest BCUT2D eigenvalue weighted by Gasteiger charge is -2.21. The molecular formula is C10H16O3S. The van der Waals surface area contributed by atoms with Crippen LogP contribution in [0, 0.1) is 0 Å². The van der Waals surface area contributed by atoms with E-state index in [9.17, 15) is 9.59 Å². The second-order valence-electron chi connectivity index (χ2n) is 4.18. The molecule has 0 N–H and O–H groups in total. The zero-order chi connectivity index (χ0) is 11.4. The maximum atomic E-state index is 11.2. The number of hydrogen-bond acceptors (Lipinski definition) is 4. The summed E-state index contributed by atoms with van der Waals surface area (Å²) in [6.45, 7) is 6.95. The van der Waals surface area contributed by atoms with E-state index in [2.05, 4.69) is 0 Å². The van der Waals surface area contributed by atoms with E-state index in [0.29, 0.717) is 0 Å². The van der Waals surface area contributed by atoms with Gasteiger partial charge in [-0.3, -0.25) is 9.59 Å². The number of ether oxygens (including phenoxy) is 1. The predicted molar refractivity (Wildman–Crippen MR) is 58.4 cm³/mol. The van der Waals surface area contributed by atoms with Gasteiger partial charge >= 0.3 is 0 Å². The van der Waals surface area contributed by atoms with E-state index in [-0.39, 0.29) is 35.1 Å². The number of Topliss-reactive ketones (excluding diaryl/α,β-unsaturated/α-hetero) is 2. The Morgan fingerprint density at radius 3 is 2.07 bits per heavy atom. The van der Waals surface area contributed by atoms with E-state index in [0.717, 1.165) is 0 Å². The summed E-state index contributed by atoms with van der Waals surface area (Å²) in [6, 6.07) is 0. The van der Waals surface area contributed by atoms with Crippen molar-refractivity contribution in [1.82, 2.24) is 0 Å². The van der Waals surface area contributed by atoms with Crippen LogP contribution in [-0.4, -0.2) is 22.2 Å². The summed E-state index contributed by atoms with van der Waals surface area (Å²) in [4.78, 5) is 21.8. The van der Waals surface area contributed by atoms with Crippen molar-refractivity contribution in [2.45, 2.75) is 46.1 Å². The summed E-state index contributed by atoms with van der Waals surface area (Å²) in [5.41, 5.74) is -0.381. The van der Waals surface area contributed by atoms with E-state index in [4.69, 9.17) is 17.0 Å². The highest BCUT2D eigenvalue weighted by Gasteiger charge is 2.16. The molecule has 0 rings (SSSR count). The molecule has 0 atom stereocenters. The van der Waals surface area contributed by atoms with E-state index < -0.39 is 0 Å². The second kappa shape index (κ2) is 5.20. The highest BCUT2D eigenvalue weighted by Crippen LogP contribution is 2.10. The SMILES string of the molecule is CC(=O)CC(=O)CC(=S)OC(C)(C)C. The van der Waals surface area contributed by atoms with Crippen LogP contribution in [-0.2, 0) is 14.3 Å². The molecule has 0 aromatic rings. The lowest BCUT2D eigenvalue weighted by atomic mass is 10.1. The molecule has 0 amide bonds. The second-order valence-corrected chi connectivity index (χ2v) is 4.64. The molecule has 0 bridgehead atoms. The highest BCUT2D eigenvalue weighted by atomic mass is 32.1. The Bertz CT molecular complexity index is 251. The van der Waals surface area contributed by atoms with Gasteiger partial charge in [-0.1, -0.05) is 0 Å². The summed E-state index contributed by atoms with van der Waals surface area (Å²) in [5, 5.41) is 0.253. The quantitative estimate of drug-likeness (QED) is 0.533.